The molecular weight excluding hydrogens is 356 g/mol. The summed E-state index contributed by atoms with van der Waals surface area (Å²) in [4.78, 5) is 5.07. The first-order valence-corrected chi connectivity index (χ1v) is 8.47. The topological polar surface area (TPSA) is 6.48 Å². The maximum absolute atomic E-state index is 3.58. The van der Waals surface area contributed by atoms with E-state index in [1.807, 2.05) is 0 Å². The zero-order valence-electron chi connectivity index (χ0n) is 10.8. The second-order valence-electron chi connectivity index (χ2n) is 4.74. The Kier molecular flexibility index (Phi) is 5.52. The predicted molar refractivity (Wildman–Crippen MR) is 85.7 cm³/mol. The summed E-state index contributed by atoms with van der Waals surface area (Å²) in [6.45, 7) is 8.12. The first-order valence-electron chi connectivity index (χ1n) is 6.56. The molecule has 1 aromatic carbocycles. The number of anilines is 1. The number of benzene rings is 1. The average Bonchev–Trinajstić information content (AvgIpc) is 2.40. The Bertz CT molecular complexity index is 387. The van der Waals surface area contributed by atoms with Crippen molar-refractivity contribution in [2.45, 2.75) is 18.7 Å². The smallest absolute Gasteiger partial charge is 0.0419 e. The van der Waals surface area contributed by atoms with Crippen molar-refractivity contribution in [1.29, 1.82) is 0 Å². The van der Waals surface area contributed by atoms with Gasteiger partial charge in [0, 0.05) is 41.7 Å². The van der Waals surface area contributed by atoms with Gasteiger partial charge in [-0.1, -0.05) is 44.8 Å². The molecule has 1 aliphatic heterocycles. The second kappa shape index (κ2) is 6.92. The third-order valence-electron chi connectivity index (χ3n) is 3.44. The summed E-state index contributed by atoms with van der Waals surface area (Å²) in [7, 11) is 0. The Morgan fingerprint density at radius 3 is 2.50 bits per heavy atom. The van der Waals surface area contributed by atoms with Gasteiger partial charge in [0.15, 0.2) is 0 Å². The quantitative estimate of drug-likeness (QED) is 0.737. The van der Waals surface area contributed by atoms with E-state index < -0.39 is 0 Å². The van der Waals surface area contributed by atoms with Gasteiger partial charge < -0.3 is 4.90 Å². The van der Waals surface area contributed by atoms with Gasteiger partial charge in [0.2, 0.25) is 0 Å². The Balaban J connectivity index is 2.06. The van der Waals surface area contributed by atoms with E-state index in [1.54, 1.807) is 0 Å². The highest BCUT2D eigenvalue weighted by Crippen LogP contribution is 2.27. The van der Waals surface area contributed by atoms with Crippen LogP contribution in [0.15, 0.2) is 22.7 Å². The van der Waals surface area contributed by atoms with Crippen molar-refractivity contribution in [2.75, 3.05) is 37.6 Å². The van der Waals surface area contributed by atoms with E-state index in [0.29, 0.717) is 0 Å². The van der Waals surface area contributed by atoms with E-state index in [0.717, 1.165) is 22.9 Å². The van der Waals surface area contributed by atoms with Gasteiger partial charge in [0.1, 0.15) is 0 Å². The maximum Gasteiger partial charge on any atom is 0.0419 e. The lowest BCUT2D eigenvalue weighted by Gasteiger charge is -2.37. The molecule has 4 heteroatoms. The van der Waals surface area contributed by atoms with E-state index in [1.165, 1.54) is 37.3 Å². The summed E-state index contributed by atoms with van der Waals surface area (Å²) in [5, 5.41) is 0.921. The van der Waals surface area contributed by atoms with Crippen LogP contribution in [0.4, 0.5) is 5.69 Å². The van der Waals surface area contributed by atoms with Gasteiger partial charge in [-0.3, -0.25) is 4.90 Å². The van der Waals surface area contributed by atoms with E-state index in [4.69, 9.17) is 0 Å². The van der Waals surface area contributed by atoms with Crippen molar-refractivity contribution in [2.24, 2.45) is 0 Å². The van der Waals surface area contributed by atoms with Crippen LogP contribution in [0.3, 0.4) is 0 Å². The van der Waals surface area contributed by atoms with Crippen molar-refractivity contribution in [3.8, 4) is 0 Å². The molecule has 0 unspecified atom stereocenters. The normalized spacial score (nSPS) is 17.2. The number of rotatable bonds is 4. The van der Waals surface area contributed by atoms with Gasteiger partial charge in [-0.25, -0.2) is 0 Å². The minimum absolute atomic E-state index is 0.921. The van der Waals surface area contributed by atoms with Gasteiger partial charge in [-0.05, 0) is 30.7 Å². The summed E-state index contributed by atoms with van der Waals surface area (Å²) in [5.41, 5.74) is 2.75. The van der Waals surface area contributed by atoms with Gasteiger partial charge >= 0.3 is 0 Å². The number of alkyl halides is 1. The van der Waals surface area contributed by atoms with E-state index in [-0.39, 0.29) is 0 Å². The highest BCUT2D eigenvalue weighted by molar-refractivity contribution is 9.10. The molecule has 0 spiro atoms. The van der Waals surface area contributed by atoms with Crippen LogP contribution < -0.4 is 4.90 Å². The maximum atomic E-state index is 3.58. The molecule has 2 nitrogen and oxygen atoms in total. The molecule has 1 aromatic rings. The van der Waals surface area contributed by atoms with Crippen LogP contribution in [0, 0.1) is 0 Å². The van der Waals surface area contributed by atoms with Crippen LogP contribution >= 0.6 is 31.9 Å². The van der Waals surface area contributed by atoms with Crippen molar-refractivity contribution in [1.82, 2.24) is 4.90 Å². The first kappa shape index (κ1) is 14.4. The molecule has 0 aliphatic carbocycles. The molecule has 1 fully saturated rings. The second-order valence-corrected chi connectivity index (χ2v) is 6.21. The molecule has 18 heavy (non-hydrogen) atoms. The van der Waals surface area contributed by atoms with Crippen molar-refractivity contribution in [3.05, 3.63) is 28.2 Å². The van der Waals surface area contributed by atoms with Gasteiger partial charge in [0.05, 0.1) is 0 Å². The van der Waals surface area contributed by atoms with Crippen molar-refractivity contribution >= 4 is 37.5 Å². The van der Waals surface area contributed by atoms with Crippen LogP contribution in [0.25, 0.3) is 0 Å². The largest absolute Gasteiger partial charge is 0.369 e. The number of halogens is 2. The van der Waals surface area contributed by atoms with Crippen molar-refractivity contribution in [3.63, 3.8) is 0 Å². The fraction of sp³-hybridized carbons (Fsp3) is 0.571. The van der Waals surface area contributed by atoms with Gasteiger partial charge in [-0.15, -0.1) is 0 Å². The number of piperazine rings is 1. The number of hydrogen-bond acceptors (Lipinski definition) is 2. The average molecular weight is 376 g/mol. The molecule has 100 valence electrons. The zero-order valence-corrected chi connectivity index (χ0v) is 14.0. The fourth-order valence-electron chi connectivity index (χ4n) is 2.47. The summed E-state index contributed by atoms with van der Waals surface area (Å²) >= 11 is 7.16. The van der Waals surface area contributed by atoms with Crippen LogP contribution in [0.1, 0.15) is 18.9 Å². The zero-order chi connectivity index (χ0) is 13.0. The minimum atomic E-state index is 0.921. The third-order valence-corrected chi connectivity index (χ3v) is 4.54. The summed E-state index contributed by atoms with van der Waals surface area (Å²) < 4.78 is 1.16. The molecular formula is C14H20Br2N2. The molecule has 0 atom stereocenters. The van der Waals surface area contributed by atoms with Crippen LogP contribution in [-0.4, -0.2) is 37.6 Å². The minimum Gasteiger partial charge on any atom is -0.369 e. The Morgan fingerprint density at radius 1 is 1.17 bits per heavy atom. The predicted octanol–water partition coefficient (Wildman–Crippen LogP) is 3.88. The first-order chi connectivity index (χ1) is 8.74. The number of hydrogen-bond donors (Lipinski definition) is 0. The van der Waals surface area contributed by atoms with Crippen LogP contribution in [0.5, 0.6) is 0 Å². The lowest BCUT2D eigenvalue weighted by atomic mass is 10.1. The molecule has 1 aliphatic rings. The molecule has 0 aromatic heterocycles. The molecule has 2 rings (SSSR count). The molecule has 0 N–H and O–H groups in total. The van der Waals surface area contributed by atoms with Crippen LogP contribution in [-0.2, 0) is 5.33 Å². The van der Waals surface area contributed by atoms with Crippen molar-refractivity contribution < 1.29 is 0 Å². The fourth-order valence-corrected chi connectivity index (χ4v) is 3.30. The van der Waals surface area contributed by atoms with E-state index in [9.17, 15) is 0 Å². The Hall–Kier alpha value is -0.0600. The lowest BCUT2D eigenvalue weighted by molar-refractivity contribution is 0.258. The molecule has 0 saturated carbocycles. The summed E-state index contributed by atoms with van der Waals surface area (Å²) in [5.74, 6) is 0. The monoisotopic (exact) mass is 374 g/mol. The summed E-state index contributed by atoms with van der Waals surface area (Å²) in [6, 6.07) is 6.56. The molecule has 1 saturated heterocycles. The molecule has 0 amide bonds. The highest BCUT2D eigenvalue weighted by Gasteiger charge is 2.18. The van der Waals surface area contributed by atoms with E-state index in [2.05, 4.69) is 66.8 Å². The molecule has 1 heterocycles. The van der Waals surface area contributed by atoms with Gasteiger partial charge in [-0.2, -0.15) is 0 Å². The number of nitrogens with zero attached hydrogens (tertiary/aromatic N) is 2. The lowest BCUT2D eigenvalue weighted by Crippen LogP contribution is -2.46. The summed E-state index contributed by atoms with van der Waals surface area (Å²) in [6.07, 6.45) is 1.25. The standard InChI is InChI=1S/C14H20Br2N2/c1-2-5-17-6-8-18(9-7-17)14-10-13(16)4-3-12(14)11-15/h3-4,10H,2,5-9,11H2,1H3. The van der Waals surface area contributed by atoms with Gasteiger partial charge in [0.25, 0.3) is 0 Å². The highest BCUT2D eigenvalue weighted by atomic mass is 79.9. The van der Waals surface area contributed by atoms with E-state index >= 15 is 0 Å². The molecule has 0 bridgehead atoms. The Labute approximate surface area is 127 Å². The molecule has 0 radical (unpaired) electrons. The third kappa shape index (κ3) is 3.49. The SMILES string of the molecule is CCCN1CCN(c2cc(Br)ccc2CBr)CC1. The van der Waals surface area contributed by atoms with Crippen LogP contribution in [0.2, 0.25) is 0 Å². The Morgan fingerprint density at radius 2 is 1.89 bits per heavy atom.